The second kappa shape index (κ2) is 11.5. The summed E-state index contributed by atoms with van der Waals surface area (Å²) in [6.45, 7) is 6.96. The largest absolute Gasteiger partial charge is 0.354 e. The molecule has 3 aromatic rings. The maximum Gasteiger partial charge on any atom is 0.191 e. The van der Waals surface area contributed by atoms with Crippen LogP contribution in [0.15, 0.2) is 47.7 Å². The van der Waals surface area contributed by atoms with E-state index in [-0.39, 0.29) is 36.1 Å². The molecule has 0 aliphatic rings. The SMILES string of the molecule is CN=C(NCC(c1ccc(Cl)cc1)n1cccn1)NC(C)Cc1c(C)nn(C)c1C.I. The van der Waals surface area contributed by atoms with Crippen molar-refractivity contribution in [3.8, 4) is 0 Å². The van der Waals surface area contributed by atoms with Crippen LogP contribution in [0.3, 0.4) is 0 Å². The van der Waals surface area contributed by atoms with Crippen molar-refractivity contribution in [2.24, 2.45) is 12.0 Å². The van der Waals surface area contributed by atoms with Gasteiger partial charge in [0, 0.05) is 49.8 Å². The van der Waals surface area contributed by atoms with Gasteiger partial charge in [0.2, 0.25) is 0 Å². The molecular weight excluding hydrogens is 525 g/mol. The van der Waals surface area contributed by atoms with E-state index in [1.807, 2.05) is 52.9 Å². The lowest BCUT2D eigenvalue weighted by molar-refractivity contribution is 0.507. The molecule has 0 saturated carbocycles. The van der Waals surface area contributed by atoms with Crippen molar-refractivity contribution in [2.75, 3.05) is 13.6 Å². The molecule has 2 atom stereocenters. The summed E-state index contributed by atoms with van der Waals surface area (Å²) in [5.41, 5.74) is 4.68. The van der Waals surface area contributed by atoms with Crippen LogP contribution in [-0.2, 0) is 13.5 Å². The van der Waals surface area contributed by atoms with Crippen LogP contribution in [0, 0.1) is 13.8 Å². The Bertz CT molecular complexity index is 980. The van der Waals surface area contributed by atoms with Crippen LogP contribution in [0.4, 0.5) is 0 Å². The minimum atomic E-state index is 0. The van der Waals surface area contributed by atoms with Gasteiger partial charge in [-0.15, -0.1) is 24.0 Å². The lowest BCUT2D eigenvalue weighted by atomic mass is 10.1. The predicted octanol–water partition coefficient (Wildman–Crippen LogP) is 3.89. The number of hydrogen-bond donors (Lipinski definition) is 2. The second-order valence-electron chi connectivity index (χ2n) is 7.53. The van der Waals surface area contributed by atoms with Crippen LogP contribution in [0.25, 0.3) is 0 Å². The van der Waals surface area contributed by atoms with Gasteiger partial charge in [0.25, 0.3) is 0 Å². The Labute approximate surface area is 206 Å². The van der Waals surface area contributed by atoms with Gasteiger partial charge in [-0.2, -0.15) is 10.2 Å². The number of halogens is 2. The molecule has 2 unspecified atom stereocenters. The zero-order valence-corrected chi connectivity index (χ0v) is 21.7. The molecule has 2 heterocycles. The van der Waals surface area contributed by atoms with Gasteiger partial charge in [-0.25, -0.2) is 0 Å². The van der Waals surface area contributed by atoms with Crippen LogP contribution in [0.2, 0.25) is 5.02 Å². The number of aromatic nitrogens is 4. The van der Waals surface area contributed by atoms with Crippen LogP contribution in [-0.4, -0.2) is 45.2 Å². The fourth-order valence-corrected chi connectivity index (χ4v) is 3.73. The summed E-state index contributed by atoms with van der Waals surface area (Å²) in [5.74, 6) is 0.757. The highest BCUT2D eigenvalue weighted by Crippen LogP contribution is 2.19. The van der Waals surface area contributed by atoms with Crippen molar-refractivity contribution in [2.45, 2.75) is 39.3 Å². The van der Waals surface area contributed by atoms with Gasteiger partial charge in [0.15, 0.2) is 5.96 Å². The van der Waals surface area contributed by atoms with Crippen LogP contribution < -0.4 is 10.6 Å². The van der Waals surface area contributed by atoms with Gasteiger partial charge in [0.05, 0.1) is 11.7 Å². The van der Waals surface area contributed by atoms with E-state index in [2.05, 4.69) is 46.6 Å². The van der Waals surface area contributed by atoms with E-state index in [9.17, 15) is 0 Å². The Balaban J connectivity index is 0.00000341. The third kappa shape index (κ3) is 6.46. The molecule has 7 nitrogen and oxygen atoms in total. The lowest BCUT2D eigenvalue weighted by Crippen LogP contribution is -2.45. The van der Waals surface area contributed by atoms with Crippen molar-refractivity contribution < 1.29 is 0 Å². The first-order valence-corrected chi connectivity index (χ1v) is 10.5. The number of aryl methyl sites for hydroxylation is 2. The molecular formula is C22H31ClIN7. The molecule has 0 aliphatic heterocycles. The summed E-state index contributed by atoms with van der Waals surface area (Å²) in [5, 5.41) is 16.6. The van der Waals surface area contributed by atoms with Crippen molar-refractivity contribution in [3.63, 3.8) is 0 Å². The monoisotopic (exact) mass is 555 g/mol. The molecule has 9 heteroatoms. The van der Waals surface area contributed by atoms with Crippen LogP contribution in [0.1, 0.15) is 35.5 Å². The second-order valence-corrected chi connectivity index (χ2v) is 7.97. The van der Waals surface area contributed by atoms with Gasteiger partial charge in [0.1, 0.15) is 0 Å². The highest BCUT2D eigenvalue weighted by Gasteiger charge is 2.17. The molecule has 168 valence electrons. The average molecular weight is 556 g/mol. The van der Waals surface area contributed by atoms with Crippen molar-refractivity contribution in [3.05, 3.63) is 70.3 Å². The molecule has 0 radical (unpaired) electrons. The molecule has 0 amide bonds. The summed E-state index contributed by atoms with van der Waals surface area (Å²) < 4.78 is 3.88. The Hall–Kier alpha value is -2.07. The minimum Gasteiger partial charge on any atom is -0.354 e. The quantitative estimate of drug-likeness (QED) is 0.264. The van der Waals surface area contributed by atoms with E-state index in [0.29, 0.717) is 6.54 Å². The highest BCUT2D eigenvalue weighted by molar-refractivity contribution is 14.0. The van der Waals surface area contributed by atoms with Crippen LogP contribution in [0.5, 0.6) is 0 Å². The summed E-state index contributed by atoms with van der Waals surface area (Å²) >= 11 is 6.07. The van der Waals surface area contributed by atoms with Gasteiger partial charge in [-0.3, -0.25) is 14.4 Å². The molecule has 0 spiro atoms. The maximum atomic E-state index is 6.07. The minimum absolute atomic E-state index is 0. The molecule has 31 heavy (non-hydrogen) atoms. The average Bonchev–Trinajstić information content (AvgIpc) is 3.33. The standard InChI is InChI=1S/C22H30ClN7.HI/c1-15(13-20-16(2)28-29(5)17(20)3)27-22(24-4)25-14-21(30-12-6-11-26-30)18-7-9-19(23)10-8-18;/h6-12,15,21H,13-14H2,1-5H3,(H2,24,25,27);1H. The number of benzene rings is 1. The summed E-state index contributed by atoms with van der Waals surface area (Å²) in [6.07, 6.45) is 4.64. The fraction of sp³-hybridized carbons (Fsp3) is 0.409. The molecule has 0 aliphatic carbocycles. The van der Waals surface area contributed by atoms with Crippen molar-refractivity contribution in [1.82, 2.24) is 30.2 Å². The number of nitrogens with zero attached hydrogens (tertiary/aromatic N) is 5. The molecule has 0 bridgehead atoms. The number of rotatable bonds is 7. The summed E-state index contributed by atoms with van der Waals surface area (Å²) in [4.78, 5) is 4.40. The Morgan fingerprint density at radius 2 is 1.94 bits per heavy atom. The third-order valence-electron chi connectivity index (χ3n) is 5.34. The first kappa shape index (κ1) is 25.2. The first-order chi connectivity index (χ1) is 14.4. The molecule has 3 rings (SSSR count). The molecule has 1 aromatic carbocycles. The number of guanidine groups is 1. The summed E-state index contributed by atoms with van der Waals surface area (Å²) in [7, 11) is 3.77. The van der Waals surface area contributed by atoms with Gasteiger partial charge in [-0.1, -0.05) is 23.7 Å². The third-order valence-corrected chi connectivity index (χ3v) is 5.59. The highest BCUT2D eigenvalue weighted by atomic mass is 127. The van der Waals surface area contributed by atoms with E-state index in [1.54, 1.807) is 13.2 Å². The van der Waals surface area contributed by atoms with Crippen molar-refractivity contribution >= 4 is 41.5 Å². The molecule has 0 fully saturated rings. The zero-order valence-electron chi connectivity index (χ0n) is 18.6. The summed E-state index contributed by atoms with van der Waals surface area (Å²) in [6, 6.07) is 10.0. The van der Waals surface area contributed by atoms with E-state index < -0.39 is 0 Å². The van der Waals surface area contributed by atoms with E-state index >= 15 is 0 Å². The first-order valence-electron chi connectivity index (χ1n) is 10.1. The van der Waals surface area contributed by atoms with Crippen molar-refractivity contribution in [1.29, 1.82) is 0 Å². The van der Waals surface area contributed by atoms with Gasteiger partial charge < -0.3 is 10.6 Å². The van der Waals surface area contributed by atoms with E-state index in [1.165, 1.54) is 11.3 Å². The smallest absolute Gasteiger partial charge is 0.191 e. The Morgan fingerprint density at radius 3 is 2.48 bits per heavy atom. The number of hydrogen-bond acceptors (Lipinski definition) is 3. The number of nitrogens with one attached hydrogen (secondary N) is 2. The molecule has 2 aromatic heterocycles. The zero-order chi connectivity index (χ0) is 21.7. The molecule has 0 saturated heterocycles. The maximum absolute atomic E-state index is 6.07. The van der Waals surface area contributed by atoms with Gasteiger partial charge in [-0.05, 0) is 56.5 Å². The van der Waals surface area contributed by atoms with E-state index in [0.717, 1.165) is 28.7 Å². The number of aliphatic imine (C=N–C) groups is 1. The van der Waals surface area contributed by atoms with Crippen LogP contribution >= 0.6 is 35.6 Å². The Morgan fingerprint density at radius 1 is 1.23 bits per heavy atom. The Kier molecular flexibility index (Phi) is 9.36. The van der Waals surface area contributed by atoms with E-state index in [4.69, 9.17) is 11.6 Å². The normalized spacial score (nSPS) is 13.4. The molecule has 2 N–H and O–H groups in total. The van der Waals surface area contributed by atoms with Gasteiger partial charge >= 0.3 is 0 Å². The fourth-order valence-electron chi connectivity index (χ4n) is 3.61. The topological polar surface area (TPSA) is 72.1 Å². The lowest BCUT2D eigenvalue weighted by Gasteiger charge is -2.22. The predicted molar refractivity (Wildman–Crippen MR) is 138 cm³/mol.